The maximum absolute atomic E-state index is 13.9. The Morgan fingerprint density at radius 3 is 2.22 bits per heavy atom. The first-order chi connectivity index (χ1) is 20.0. The van der Waals surface area contributed by atoms with Gasteiger partial charge in [0.05, 0.1) is 0 Å². The van der Waals surface area contributed by atoms with E-state index >= 15 is 0 Å². The van der Waals surface area contributed by atoms with Crippen molar-refractivity contribution in [1.29, 1.82) is 0 Å². The van der Waals surface area contributed by atoms with Crippen molar-refractivity contribution in [3.63, 3.8) is 0 Å². The number of benzene rings is 3. The number of aliphatic imine (C=N–C) groups is 1. The number of aryl methyl sites for hydroxylation is 1. The van der Waals surface area contributed by atoms with E-state index in [0.717, 1.165) is 34.2 Å². The number of pyridine rings is 1. The van der Waals surface area contributed by atoms with E-state index in [9.17, 15) is 4.39 Å². The second kappa shape index (κ2) is 20.3. The quantitative estimate of drug-likeness (QED) is 0.170. The highest BCUT2D eigenvalue weighted by Crippen LogP contribution is 2.33. The highest BCUT2D eigenvalue weighted by atomic mass is 19.1. The van der Waals surface area contributed by atoms with Gasteiger partial charge in [-0.3, -0.25) is 4.99 Å². The molecule has 3 N–H and O–H groups in total. The zero-order valence-corrected chi connectivity index (χ0v) is 24.7. The maximum Gasteiger partial charge on any atom is 0.134 e. The van der Waals surface area contributed by atoms with Gasteiger partial charge in [0.25, 0.3) is 0 Å². The summed E-state index contributed by atoms with van der Waals surface area (Å²) in [5, 5.41) is 3.48. The lowest BCUT2D eigenvalue weighted by Gasteiger charge is -2.19. The van der Waals surface area contributed by atoms with Gasteiger partial charge >= 0.3 is 0 Å². The summed E-state index contributed by atoms with van der Waals surface area (Å²) in [7, 11) is 1.50. The van der Waals surface area contributed by atoms with Crippen molar-refractivity contribution in [2.45, 2.75) is 33.2 Å². The Morgan fingerprint density at radius 1 is 0.976 bits per heavy atom. The van der Waals surface area contributed by atoms with E-state index in [4.69, 9.17) is 0 Å². The molecule has 0 saturated heterocycles. The fourth-order valence-corrected chi connectivity index (χ4v) is 3.80. The van der Waals surface area contributed by atoms with E-state index in [2.05, 4.69) is 91.0 Å². The molecule has 0 aliphatic rings. The molecule has 0 saturated carbocycles. The third-order valence-electron chi connectivity index (χ3n) is 5.86. The Morgan fingerprint density at radius 2 is 1.66 bits per heavy atom. The summed E-state index contributed by atoms with van der Waals surface area (Å²) >= 11 is 0. The van der Waals surface area contributed by atoms with Crippen LogP contribution in [0.3, 0.4) is 0 Å². The zero-order chi connectivity index (χ0) is 30.5. The molecule has 4 rings (SSSR count). The minimum absolute atomic E-state index is 0.0153. The normalized spacial score (nSPS) is 10.8. The number of aromatic nitrogens is 1. The molecule has 0 bridgehead atoms. The van der Waals surface area contributed by atoms with Crippen molar-refractivity contribution in [2.24, 2.45) is 10.7 Å². The van der Waals surface area contributed by atoms with Crippen LogP contribution in [0.2, 0.25) is 0 Å². The molecule has 5 heteroatoms. The van der Waals surface area contributed by atoms with Crippen LogP contribution in [0, 0.1) is 5.82 Å². The lowest BCUT2D eigenvalue weighted by molar-refractivity contribution is 0.628. The van der Waals surface area contributed by atoms with Gasteiger partial charge in [-0.1, -0.05) is 86.3 Å². The van der Waals surface area contributed by atoms with Crippen molar-refractivity contribution >= 4 is 24.2 Å². The summed E-state index contributed by atoms with van der Waals surface area (Å²) in [5.41, 5.74) is 10.6. The summed E-state index contributed by atoms with van der Waals surface area (Å²) in [6.45, 7) is 15.9. The molecular weight excluding hydrogens is 507 g/mol. The first-order valence-corrected chi connectivity index (χ1v) is 13.6. The van der Waals surface area contributed by atoms with Crippen LogP contribution >= 0.6 is 0 Å². The third-order valence-corrected chi connectivity index (χ3v) is 5.86. The second-order valence-corrected chi connectivity index (χ2v) is 8.43. The van der Waals surface area contributed by atoms with E-state index < -0.39 is 0 Å². The van der Waals surface area contributed by atoms with Crippen LogP contribution in [0.25, 0.3) is 23.3 Å². The summed E-state index contributed by atoms with van der Waals surface area (Å²) < 4.78 is 13.9. The average Bonchev–Trinajstić information content (AvgIpc) is 3.04. The minimum atomic E-state index is -0.285. The van der Waals surface area contributed by atoms with Crippen LogP contribution in [-0.2, 0) is 6.42 Å². The molecule has 4 nitrogen and oxygen atoms in total. The monoisotopic (exact) mass is 550 g/mol. The minimum Gasteiger partial charge on any atom is -0.363 e. The molecule has 1 aromatic heterocycles. The molecule has 0 radical (unpaired) electrons. The zero-order valence-electron chi connectivity index (χ0n) is 24.7. The summed E-state index contributed by atoms with van der Waals surface area (Å²) in [5.74, 6) is 0.408. The third kappa shape index (κ3) is 11.6. The lowest BCUT2D eigenvalue weighted by atomic mass is 9.99. The topological polar surface area (TPSA) is 63.3 Å². The van der Waals surface area contributed by atoms with Gasteiger partial charge in [-0.2, -0.15) is 0 Å². The van der Waals surface area contributed by atoms with Crippen molar-refractivity contribution in [3.05, 3.63) is 145 Å². The van der Waals surface area contributed by atoms with Gasteiger partial charge in [0, 0.05) is 30.2 Å². The number of hydrogen-bond donors (Lipinski definition) is 2. The van der Waals surface area contributed by atoms with Crippen molar-refractivity contribution in [1.82, 2.24) is 4.98 Å². The Balaban J connectivity index is 0.000000590. The second-order valence-electron chi connectivity index (χ2n) is 8.43. The van der Waals surface area contributed by atoms with E-state index in [1.165, 1.54) is 24.7 Å². The number of nitrogens with one attached hydrogen (secondary N) is 1. The highest BCUT2D eigenvalue weighted by Gasteiger charge is 2.14. The number of rotatable bonds is 8. The van der Waals surface area contributed by atoms with Crippen molar-refractivity contribution < 1.29 is 4.39 Å². The van der Waals surface area contributed by atoms with E-state index in [0.29, 0.717) is 5.82 Å². The van der Waals surface area contributed by atoms with Crippen LogP contribution in [0.1, 0.15) is 49.1 Å². The first-order valence-electron chi connectivity index (χ1n) is 13.6. The molecule has 4 aromatic rings. The maximum atomic E-state index is 13.9. The summed E-state index contributed by atoms with van der Waals surface area (Å²) in [6, 6.07) is 27.1. The SMILES string of the molecule is C=C.C=Cc1ccc(C(C)Nc2nccc(/C=C\N=CC)c2-c2cccc(F)c2)cc1.CCc1ccccc1.CN. The molecule has 214 valence electrons. The Bertz CT molecular complexity index is 1350. The Kier molecular flexibility index (Phi) is 17.1. The van der Waals surface area contributed by atoms with Gasteiger partial charge in [-0.15, -0.1) is 13.2 Å². The Labute approximate surface area is 245 Å². The van der Waals surface area contributed by atoms with E-state index in [-0.39, 0.29) is 11.9 Å². The molecule has 0 fully saturated rings. The number of hydrogen-bond acceptors (Lipinski definition) is 4. The molecule has 0 spiro atoms. The van der Waals surface area contributed by atoms with Crippen LogP contribution in [-0.4, -0.2) is 18.2 Å². The van der Waals surface area contributed by atoms with Crippen LogP contribution in [0.15, 0.2) is 122 Å². The molecular formula is C36H43FN4. The lowest BCUT2D eigenvalue weighted by Crippen LogP contribution is -2.09. The van der Waals surface area contributed by atoms with Gasteiger partial charge < -0.3 is 11.1 Å². The smallest absolute Gasteiger partial charge is 0.134 e. The first kappa shape index (κ1) is 34.4. The molecule has 3 aromatic carbocycles. The summed E-state index contributed by atoms with van der Waals surface area (Å²) in [4.78, 5) is 8.70. The largest absolute Gasteiger partial charge is 0.363 e. The van der Waals surface area contributed by atoms with E-state index in [1.54, 1.807) is 24.7 Å². The number of halogens is 1. The fraction of sp³-hybridized carbons (Fsp3) is 0.167. The highest BCUT2D eigenvalue weighted by molar-refractivity contribution is 5.84. The number of nitrogens with two attached hydrogens (primary N) is 1. The molecule has 1 atom stereocenters. The van der Waals surface area contributed by atoms with Gasteiger partial charge in [-0.25, -0.2) is 9.37 Å². The molecule has 0 aliphatic heterocycles. The molecule has 0 amide bonds. The predicted octanol–water partition coefficient (Wildman–Crippen LogP) is 9.39. The molecule has 0 aliphatic carbocycles. The molecule has 1 heterocycles. The predicted molar refractivity (Wildman–Crippen MR) is 179 cm³/mol. The fourth-order valence-electron chi connectivity index (χ4n) is 3.80. The summed E-state index contributed by atoms with van der Waals surface area (Å²) in [6.07, 6.45) is 10.0. The standard InChI is InChI=1S/C25H24FN3.C8H10.C2H4.CH5N/c1-4-19-9-11-20(12-10-19)18(3)29-25-24(22-7-6-8-23(26)17-22)21(14-16-28-25)13-15-27-5-2;1-2-8-6-4-3-5-7-8;2*1-2/h4-18H,1H2,2-3H3,(H,28,29);3-7H,2H2,1H3;1-2H2;2H2,1H3/b15-13-,27-5?;;;. The van der Waals surface area contributed by atoms with Crippen LogP contribution in [0.5, 0.6) is 0 Å². The van der Waals surface area contributed by atoms with Gasteiger partial charge in [0.2, 0.25) is 0 Å². The van der Waals surface area contributed by atoms with Gasteiger partial charge in [0.15, 0.2) is 0 Å². The molecule has 1 unspecified atom stereocenters. The van der Waals surface area contributed by atoms with Crippen LogP contribution in [0.4, 0.5) is 10.2 Å². The number of nitrogens with zero attached hydrogens (tertiary/aromatic N) is 2. The van der Waals surface area contributed by atoms with Gasteiger partial charge in [0.1, 0.15) is 11.6 Å². The molecule has 41 heavy (non-hydrogen) atoms. The van der Waals surface area contributed by atoms with Gasteiger partial charge in [-0.05, 0) is 79.4 Å². The Hall–Kier alpha value is -4.61. The van der Waals surface area contributed by atoms with Crippen molar-refractivity contribution in [3.8, 4) is 11.1 Å². The number of anilines is 1. The van der Waals surface area contributed by atoms with Crippen molar-refractivity contribution in [2.75, 3.05) is 12.4 Å². The average molecular weight is 551 g/mol. The van der Waals surface area contributed by atoms with E-state index in [1.807, 2.05) is 49.4 Å². The van der Waals surface area contributed by atoms with Crippen LogP contribution < -0.4 is 11.1 Å².